The summed E-state index contributed by atoms with van der Waals surface area (Å²) in [6.07, 6.45) is 7.17. The summed E-state index contributed by atoms with van der Waals surface area (Å²) in [6, 6.07) is 0. The van der Waals surface area contributed by atoms with Crippen molar-refractivity contribution < 1.29 is 14.4 Å². The molecule has 0 aliphatic heterocycles. The van der Waals surface area contributed by atoms with Crippen LogP contribution in [0.1, 0.15) is 51.9 Å². The molecule has 0 heterocycles. The number of carbonyl (C=O) groups excluding carboxylic acids is 3. The van der Waals surface area contributed by atoms with Crippen LogP contribution in [0.3, 0.4) is 0 Å². The smallest absolute Gasteiger partial charge is 0.227 e. The number of carbonyl (C=O) groups is 3. The van der Waals surface area contributed by atoms with Crippen LogP contribution in [-0.4, -0.2) is 18.0 Å². The Hall–Kier alpha value is -1.71. The summed E-state index contributed by atoms with van der Waals surface area (Å²) in [4.78, 5) is 35.4. The molecular formula is C17H21NO3. The molecule has 0 radical (unpaired) electrons. The standard InChI is InChI=1S/C17H21NO3/c1-10(20)12-5-3-7-14(12)17(21)18-16-8-11-4-2-6-13(11)15(16)9-19/h9,12,14H,2-8H2,1H3,(H,18,21). The predicted molar refractivity (Wildman–Crippen MR) is 78.2 cm³/mol. The Bertz CT molecular complexity index is 571. The summed E-state index contributed by atoms with van der Waals surface area (Å²) in [5.41, 5.74) is 3.90. The van der Waals surface area contributed by atoms with Crippen LogP contribution in [0.5, 0.6) is 0 Å². The maximum absolute atomic E-state index is 12.5. The Morgan fingerprint density at radius 1 is 1.14 bits per heavy atom. The number of allylic oxidation sites excluding steroid dienone is 3. The Labute approximate surface area is 124 Å². The van der Waals surface area contributed by atoms with Gasteiger partial charge in [0, 0.05) is 29.5 Å². The van der Waals surface area contributed by atoms with Crippen molar-refractivity contribution in [2.24, 2.45) is 11.8 Å². The van der Waals surface area contributed by atoms with Gasteiger partial charge in [0.1, 0.15) is 5.78 Å². The fraction of sp³-hybridized carbons (Fsp3) is 0.588. The summed E-state index contributed by atoms with van der Waals surface area (Å²) >= 11 is 0. The minimum atomic E-state index is -0.224. The highest BCUT2D eigenvalue weighted by Gasteiger charge is 2.37. The number of nitrogens with one attached hydrogen (secondary N) is 1. The molecule has 2 unspecified atom stereocenters. The van der Waals surface area contributed by atoms with Gasteiger partial charge in [0.2, 0.25) is 5.91 Å². The van der Waals surface area contributed by atoms with E-state index in [1.54, 1.807) is 6.92 Å². The summed E-state index contributed by atoms with van der Waals surface area (Å²) in [5, 5.41) is 2.95. The lowest BCUT2D eigenvalue weighted by Crippen LogP contribution is -2.34. The quantitative estimate of drug-likeness (QED) is 0.808. The molecule has 1 fully saturated rings. The van der Waals surface area contributed by atoms with E-state index in [1.807, 2.05) is 0 Å². The molecule has 4 nitrogen and oxygen atoms in total. The number of amides is 1. The summed E-state index contributed by atoms with van der Waals surface area (Å²) < 4.78 is 0. The van der Waals surface area contributed by atoms with Gasteiger partial charge in [-0.15, -0.1) is 0 Å². The average molecular weight is 287 g/mol. The van der Waals surface area contributed by atoms with E-state index in [1.165, 1.54) is 5.57 Å². The highest BCUT2D eigenvalue weighted by atomic mass is 16.2. The van der Waals surface area contributed by atoms with Crippen LogP contribution >= 0.6 is 0 Å². The third-order valence-electron chi connectivity index (χ3n) is 5.14. The van der Waals surface area contributed by atoms with Crippen LogP contribution in [0, 0.1) is 11.8 Å². The van der Waals surface area contributed by atoms with Gasteiger partial charge >= 0.3 is 0 Å². The zero-order valence-electron chi connectivity index (χ0n) is 12.4. The minimum absolute atomic E-state index is 0.0803. The second kappa shape index (κ2) is 5.58. The first-order valence-corrected chi connectivity index (χ1v) is 7.82. The Morgan fingerprint density at radius 3 is 2.62 bits per heavy atom. The van der Waals surface area contributed by atoms with Crippen LogP contribution in [0.2, 0.25) is 0 Å². The topological polar surface area (TPSA) is 63.2 Å². The van der Waals surface area contributed by atoms with E-state index in [-0.39, 0.29) is 23.5 Å². The second-order valence-corrected chi connectivity index (χ2v) is 6.37. The van der Waals surface area contributed by atoms with E-state index in [2.05, 4.69) is 5.32 Å². The van der Waals surface area contributed by atoms with Crippen LogP contribution < -0.4 is 5.32 Å². The molecule has 0 aromatic carbocycles. The maximum Gasteiger partial charge on any atom is 0.227 e. The Morgan fingerprint density at radius 2 is 1.90 bits per heavy atom. The van der Waals surface area contributed by atoms with Crippen molar-refractivity contribution in [3.8, 4) is 0 Å². The van der Waals surface area contributed by atoms with E-state index in [0.29, 0.717) is 12.0 Å². The molecule has 1 saturated carbocycles. The van der Waals surface area contributed by atoms with E-state index in [0.717, 1.165) is 56.1 Å². The number of aldehydes is 1. The first-order valence-electron chi connectivity index (χ1n) is 7.82. The predicted octanol–water partition coefficient (Wildman–Crippen LogP) is 2.45. The van der Waals surface area contributed by atoms with Crippen molar-refractivity contribution in [2.75, 3.05) is 0 Å². The molecule has 21 heavy (non-hydrogen) atoms. The van der Waals surface area contributed by atoms with Gasteiger partial charge in [-0.3, -0.25) is 14.4 Å². The molecule has 3 aliphatic carbocycles. The zero-order chi connectivity index (χ0) is 15.0. The normalized spacial score (nSPS) is 28.0. The molecule has 0 aromatic heterocycles. The molecular weight excluding hydrogens is 266 g/mol. The Kier molecular flexibility index (Phi) is 3.79. The fourth-order valence-electron chi connectivity index (χ4n) is 4.07. The van der Waals surface area contributed by atoms with Crippen molar-refractivity contribution in [1.82, 2.24) is 5.32 Å². The molecule has 112 valence electrons. The zero-order valence-corrected chi connectivity index (χ0v) is 12.4. The van der Waals surface area contributed by atoms with Gasteiger partial charge in [-0.1, -0.05) is 12.0 Å². The molecule has 4 heteroatoms. The maximum atomic E-state index is 12.5. The summed E-state index contributed by atoms with van der Waals surface area (Å²) in [7, 11) is 0. The van der Waals surface area contributed by atoms with Crippen molar-refractivity contribution in [3.63, 3.8) is 0 Å². The molecule has 3 rings (SSSR count). The highest BCUT2D eigenvalue weighted by Crippen LogP contribution is 2.41. The lowest BCUT2D eigenvalue weighted by atomic mass is 9.91. The fourth-order valence-corrected chi connectivity index (χ4v) is 4.07. The molecule has 1 N–H and O–H groups in total. The summed E-state index contributed by atoms with van der Waals surface area (Å²) in [5.74, 6) is -0.350. The Balaban J connectivity index is 1.73. The van der Waals surface area contributed by atoms with Gasteiger partial charge in [0.05, 0.1) is 0 Å². The number of rotatable bonds is 4. The van der Waals surface area contributed by atoms with E-state index in [9.17, 15) is 14.4 Å². The average Bonchev–Trinajstić information content (AvgIpc) is 3.12. The van der Waals surface area contributed by atoms with Crippen LogP contribution in [0.4, 0.5) is 0 Å². The largest absolute Gasteiger partial charge is 0.328 e. The third kappa shape index (κ3) is 2.47. The van der Waals surface area contributed by atoms with Crippen LogP contribution in [0.25, 0.3) is 0 Å². The van der Waals surface area contributed by atoms with Crippen LogP contribution in [-0.2, 0) is 14.4 Å². The van der Waals surface area contributed by atoms with Gasteiger partial charge in [-0.2, -0.15) is 0 Å². The number of ketones is 1. The van der Waals surface area contributed by atoms with Crippen molar-refractivity contribution in [1.29, 1.82) is 0 Å². The van der Waals surface area contributed by atoms with Gasteiger partial charge in [-0.25, -0.2) is 0 Å². The van der Waals surface area contributed by atoms with Crippen molar-refractivity contribution in [3.05, 3.63) is 22.4 Å². The molecule has 3 aliphatic rings. The molecule has 0 saturated heterocycles. The van der Waals surface area contributed by atoms with Gasteiger partial charge in [-0.05, 0) is 44.6 Å². The minimum Gasteiger partial charge on any atom is -0.328 e. The third-order valence-corrected chi connectivity index (χ3v) is 5.14. The molecule has 0 spiro atoms. The van der Waals surface area contributed by atoms with E-state index < -0.39 is 0 Å². The molecule has 0 aromatic rings. The highest BCUT2D eigenvalue weighted by molar-refractivity contribution is 5.91. The molecule has 0 bridgehead atoms. The monoisotopic (exact) mass is 287 g/mol. The second-order valence-electron chi connectivity index (χ2n) is 6.37. The number of hydrogen-bond acceptors (Lipinski definition) is 3. The van der Waals surface area contributed by atoms with Gasteiger partial charge in [0.15, 0.2) is 6.29 Å². The van der Waals surface area contributed by atoms with E-state index >= 15 is 0 Å². The van der Waals surface area contributed by atoms with Gasteiger partial charge < -0.3 is 5.32 Å². The van der Waals surface area contributed by atoms with Crippen molar-refractivity contribution >= 4 is 18.0 Å². The SMILES string of the molecule is CC(=O)C1CCCC1C(=O)NC1=C(C=O)C2=C(CCC2)C1. The first-order chi connectivity index (χ1) is 10.1. The number of hydrogen-bond donors (Lipinski definition) is 1. The lowest BCUT2D eigenvalue weighted by Gasteiger charge is -2.18. The van der Waals surface area contributed by atoms with Crippen molar-refractivity contribution in [2.45, 2.75) is 51.9 Å². The lowest BCUT2D eigenvalue weighted by molar-refractivity contribution is -0.131. The molecule has 1 amide bonds. The molecule has 2 atom stereocenters. The van der Waals surface area contributed by atoms with E-state index in [4.69, 9.17) is 0 Å². The summed E-state index contributed by atoms with van der Waals surface area (Å²) in [6.45, 7) is 1.57. The van der Waals surface area contributed by atoms with Gasteiger partial charge in [0.25, 0.3) is 0 Å². The first kappa shape index (κ1) is 14.2. The van der Waals surface area contributed by atoms with Crippen LogP contribution in [0.15, 0.2) is 22.4 Å². The number of Topliss-reactive ketones (excluding diaryl/α,β-unsaturated/α-hetero) is 1.